The highest BCUT2D eigenvalue weighted by Gasteiger charge is 2.15. The Bertz CT molecular complexity index is 1110. The fraction of sp³-hybridized carbons (Fsp3) is 0.250. The molecule has 0 saturated heterocycles. The van der Waals surface area contributed by atoms with Crippen molar-refractivity contribution in [2.75, 3.05) is 10.6 Å². The predicted molar refractivity (Wildman–Crippen MR) is 105 cm³/mol. The maximum absolute atomic E-state index is 12.4. The zero-order valence-corrected chi connectivity index (χ0v) is 15.9. The van der Waals surface area contributed by atoms with E-state index in [2.05, 4.69) is 26.8 Å². The van der Waals surface area contributed by atoms with Crippen molar-refractivity contribution in [2.24, 2.45) is 0 Å². The summed E-state index contributed by atoms with van der Waals surface area (Å²) in [5.74, 6) is -0.312. The number of hydrogen-bond donors (Lipinski definition) is 2. The molecule has 0 bridgehead atoms. The van der Waals surface area contributed by atoms with Gasteiger partial charge in [-0.1, -0.05) is 6.07 Å². The van der Waals surface area contributed by atoms with Crippen molar-refractivity contribution in [3.63, 3.8) is 0 Å². The minimum Gasteiger partial charge on any atom is -0.326 e. The Kier molecular flexibility index (Phi) is 5.36. The van der Waals surface area contributed by atoms with Crippen molar-refractivity contribution in [1.82, 2.24) is 14.6 Å². The van der Waals surface area contributed by atoms with Crippen LogP contribution in [0.4, 0.5) is 11.4 Å². The minimum atomic E-state index is -0.171. The van der Waals surface area contributed by atoms with Crippen LogP contribution in [0.3, 0.4) is 0 Å². The fourth-order valence-corrected chi connectivity index (χ4v) is 3.09. The molecule has 0 spiro atoms. The van der Waals surface area contributed by atoms with Crippen molar-refractivity contribution >= 4 is 28.8 Å². The molecule has 8 heteroatoms. The zero-order valence-electron chi connectivity index (χ0n) is 15.9. The summed E-state index contributed by atoms with van der Waals surface area (Å²) in [6.07, 6.45) is 2.26. The van der Waals surface area contributed by atoms with Gasteiger partial charge in [0.05, 0.1) is 6.20 Å². The van der Waals surface area contributed by atoms with E-state index < -0.39 is 0 Å². The maximum atomic E-state index is 12.4. The van der Waals surface area contributed by atoms with Gasteiger partial charge in [0.1, 0.15) is 11.6 Å². The number of anilines is 2. The first kappa shape index (κ1) is 19.0. The zero-order chi connectivity index (χ0) is 20.3. The van der Waals surface area contributed by atoms with E-state index in [1.54, 1.807) is 28.8 Å². The van der Waals surface area contributed by atoms with E-state index in [-0.39, 0.29) is 18.2 Å². The van der Waals surface area contributed by atoms with Gasteiger partial charge in [-0.25, -0.2) is 9.50 Å². The maximum Gasteiger partial charge on any atom is 0.224 e. The van der Waals surface area contributed by atoms with Gasteiger partial charge in [-0.3, -0.25) is 9.59 Å². The van der Waals surface area contributed by atoms with Gasteiger partial charge in [0.15, 0.2) is 5.65 Å². The molecule has 0 aliphatic rings. The van der Waals surface area contributed by atoms with Crippen molar-refractivity contribution in [1.29, 1.82) is 5.26 Å². The number of fused-ring (bicyclic) bond motifs is 1. The summed E-state index contributed by atoms with van der Waals surface area (Å²) in [7, 11) is 0. The van der Waals surface area contributed by atoms with E-state index in [1.165, 1.54) is 13.1 Å². The Morgan fingerprint density at radius 1 is 1.21 bits per heavy atom. The Morgan fingerprint density at radius 2 is 1.93 bits per heavy atom. The highest BCUT2D eigenvalue weighted by Crippen LogP contribution is 2.19. The second kappa shape index (κ2) is 7.88. The second-order valence-electron chi connectivity index (χ2n) is 6.48. The molecule has 0 saturated carbocycles. The van der Waals surface area contributed by atoms with Crippen molar-refractivity contribution in [3.8, 4) is 6.07 Å². The third-order valence-corrected chi connectivity index (χ3v) is 4.40. The summed E-state index contributed by atoms with van der Waals surface area (Å²) in [4.78, 5) is 28.0. The number of amides is 2. The quantitative estimate of drug-likeness (QED) is 0.711. The lowest BCUT2D eigenvalue weighted by Crippen LogP contribution is -2.14. The van der Waals surface area contributed by atoms with Crippen LogP contribution in [0, 0.1) is 25.2 Å². The van der Waals surface area contributed by atoms with Gasteiger partial charge in [0, 0.05) is 36.1 Å². The number of carbonyl (C=O) groups excluding carboxylic acids is 2. The molecule has 0 unspecified atom stereocenters. The number of hydrogen-bond acceptors (Lipinski definition) is 5. The highest BCUT2D eigenvalue weighted by atomic mass is 16.2. The SMILES string of the molecule is CC(=O)Nc1cccc(NC(=O)CCc2c(C)nc3c(C#N)cnn3c2C)c1. The van der Waals surface area contributed by atoms with Crippen LogP contribution in [-0.4, -0.2) is 26.4 Å². The molecule has 3 rings (SSSR count). The smallest absolute Gasteiger partial charge is 0.224 e. The van der Waals surface area contributed by atoms with E-state index in [1.807, 2.05) is 13.8 Å². The van der Waals surface area contributed by atoms with Gasteiger partial charge in [-0.2, -0.15) is 10.4 Å². The van der Waals surface area contributed by atoms with Crippen LogP contribution in [0.1, 0.15) is 35.9 Å². The molecule has 142 valence electrons. The largest absolute Gasteiger partial charge is 0.326 e. The molecule has 2 amide bonds. The van der Waals surface area contributed by atoms with Crippen LogP contribution in [0.15, 0.2) is 30.5 Å². The highest BCUT2D eigenvalue weighted by molar-refractivity contribution is 5.93. The lowest BCUT2D eigenvalue weighted by Gasteiger charge is -2.12. The third kappa shape index (κ3) is 3.99. The number of nitrogens with one attached hydrogen (secondary N) is 2. The average Bonchev–Trinajstić information content (AvgIpc) is 3.04. The van der Waals surface area contributed by atoms with Gasteiger partial charge in [0.2, 0.25) is 11.8 Å². The Labute approximate surface area is 162 Å². The molecule has 0 atom stereocenters. The molecule has 0 aliphatic carbocycles. The van der Waals surface area contributed by atoms with E-state index >= 15 is 0 Å². The molecule has 8 nitrogen and oxygen atoms in total. The van der Waals surface area contributed by atoms with Gasteiger partial charge in [-0.15, -0.1) is 0 Å². The summed E-state index contributed by atoms with van der Waals surface area (Å²) in [6.45, 7) is 5.20. The van der Waals surface area contributed by atoms with E-state index in [0.717, 1.165) is 17.0 Å². The van der Waals surface area contributed by atoms with Crippen molar-refractivity contribution in [2.45, 2.75) is 33.6 Å². The number of aromatic nitrogens is 3. The summed E-state index contributed by atoms with van der Waals surface area (Å²) in [6, 6.07) is 9.07. The van der Waals surface area contributed by atoms with E-state index in [0.29, 0.717) is 29.0 Å². The summed E-state index contributed by atoms with van der Waals surface area (Å²) in [5, 5.41) is 18.9. The standard InChI is InChI=1S/C20H20N6O2/c1-12-18(13(2)26-20(23-12)15(10-21)11-22-26)7-8-19(28)25-17-6-4-5-16(9-17)24-14(3)27/h4-6,9,11H,7-8H2,1-3H3,(H,24,27)(H,25,28). The minimum absolute atomic E-state index is 0.142. The van der Waals surface area contributed by atoms with Crippen LogP contribution in [0.5, 0.6) is 0 Å². The normalized spacial score (nSPS) is 10.5. The predicted octanol–water partition coefficient (Wildman–Crippen LogP) is 2.75. The number of rotatable bonds is 5. The molecular formula is C20H20N6O2. The lowest BCUT2D eigenvalue weighted by molar-refractivity contribution is -0.116. The topological polar surface area (TPSA) is 112 Å². The Morgan fingerprint density at radius 3 is 2.61 bits per heavy atom. The molecule has 2 N–H and O–H groups in total. The molecule has 0 aliphatic heterocycles. The van der Waals surface area contributed by atoms with Crippen LogP contribution >= 0.6 is 0 Å². The molecule has 0 radical (unpaired) electrons. The molecule has 3 aromatic rings. The Hall–Kier alpha value is -3.73. The molecule has 1 aromatic carbocycles. The summed E-state index contributed by atoms with van der Waals surface area (Å²) >= 11 is 0. The first-order chi connectivity index (χ1) is 13.4. The van der Waals surface area contributed by atoms with Crippen molar-refractivity contribution in [3.05, 3.63) is 53.0 Å². The van der Waals surface area contributed by atoms with Crippen LogP contribution in [-0.2, 0) is 16.0 Å². The number of aryl methyl sites for hydroxylation is 2. The summed E-state index contributed by atoms with van der Waals surface area (Å²) in [5.41, 5.74) is 4.77. The Balaban J connectivity index is 1.71. The average molecular weight is 376 g/mol. The third-order valence-electron chi connectivity index (χ3n) is 4.40. The second-order valence-corrected chi connectivity index (χ2v) is 6.48. The monoisotopic (exact) mass is 376 g/mol. The van der Waals surface area contributed by atoms with E-state index in [4.69, 9.17) is 5.26 Å². The van der Waals surface area contributed by atoms with Crippen LogP contribution < -0.4 is 10.6 Å². The lowest BCUT2D eigenvalue weighted by atomic mass is 10.1. The van der Waals surface area contributed by atoms with Crippen molar-refractivity contribution < 1.29 is 9.59 Å². The number of nitriles is 1. The fourth-order valence-electron chi connectivity index (χ4n) is 3.09. The number of benzene rings is 1. The molecular weight excluding hydrogens is 356 g/mol. The van der Waals surface area contributed by atoms with Gasteiger partial charge in [0.25, 0.3) is 0 Å². The first-order valence-corrected chi connectivity index (χ1v) is 8.80. The van der Waals surface area contributed by atoms with Crippen LogP contribution in [0.2, 0.25) is 0 Å². The van der Waals surface area contributed by atoms with Gasteiger partial charge < -0.3 is 10.6 Å². The molecule has 28 heavy (non-hydrogen) atoms. The summed E-state index contributed by atoms with van der Waals surface area (Å²) < 4.78 is 1.63. The van der Waals surface area contributed by atoms with E-state index in [9.17, 15) is 9.59 Å². The van der Waals surface area contributed by atoms with Gasteiger partial charge in [-0.05, 0) is 44.0 Å². The van der Waals surface area contributed by atoms with Gasteiger partial charge >= 0.3 is 0 Å². The number of nitrogens with zero attached hydrogens (tertiary/aromatic N) is 4. The molecule has 2 aromatic heterocycles. The molecule has 2 heterocycles. The number of carbonyl (C=O) groups is 2. The first-order valence-electron chi connectivity index (χ1n) is 8.80. The van der Waals surface area contributed by atoms with Crippen LogP contribution in [0.25, 0.3) is 5.65 Å². The molecule has 0 fully saturated rings.